The number of halogens is 1. The van der Waals surface area contributed by atoms with Crippen LogP contribution in [0.2, 0.25) is 5.02 Å². The van der Waals surface area contributed by atoms with Crippen LogP contribution in [0.25, 0.3) is 0 Å². The van der Waals surface area contributed by atoms with Crippen LogP contribution in [0.3, 0.4) is 0 Å². The van der Waals surface area contributed by atoms with Crippen LogP contribution in [0.15, 0.2) is 23.3 Å². The molecule has 1 amide bonds. The van der Waals surface area contributed by atoms with E-state index in [1.54, 1.807) is 30.2 Å². The lowest BCUT2D eigenvalue weighted by Gasteiger charge is -2.23. The first-order valence-corrected chi connectivity index (χ1v) is 5.00. The predicted octanol–water partition coefficient (Wildman–Crippen LogP) is 1.23. The van der Waals surface area contributed by atoms with E-state index in [1.165, 1.54) is 6.34 Å². The number of hydrogen-bond donors (Lipinski definition) is 1. The molecule has 1 aliphatic rings. The Balaban J connectivity index is 2.38. The second-order valence-corrected chi connectivity index (χ2v) is 3.66. The Bertz CT molecular complexity index is 448. The van der Waals surface area contributed by atoms with Gasteiger partial charge in [0.15, 0.2) is 0 Å². The van der Waals surface area contributed by atoms with Crippen LogP contribution in [0.4, 0.5) is 5.69 Å². The Hall–Kier alpha value is -1.75. The normalized spacial score (nSPS) is 14.9. The summed E-state index contributed by atoms with van der Waals surface area (Å²) in [4.78, 5) is 12.9. The third-order valence-corrected chi connectivity index (χ3v) is 2.39. The van der Waals surface area contributed by atoms with Crippen molar-refractivity contribution in [2.45, 2.75) is 0 Å². The first-order valence-electron chi connectivity index (χ1n) is 4.63. The first-order chi connectivity index (χ1) is 7.70. The lowest BCUT2D eigenvalue weighted by Crippen LogP contribution is -2.39. The number of methoxy groups -OCH3 is 1. The van der Waals surface area contributed by atoms with E-state index >= 15 is 0 Å². The Morgan fingerprint density at radius 3 is 3.06 bits per heavy atom. The van der Waals surface area contributed by atoms with Gasteiger partial charge in [-0.3, -0.25) is 4.79 Å². The lowest BCUT2D eigenvalue weighted by atomic mass is 10.2. The topological polar surface area (TPSA) is 53.9 Å². The lowest BCUT2D eigenvalue weighted by molar-refractivity contribution is -0.119. The van der Waals surface area contributed by atoms with E-state index in [2.05, 4.69) is 10.5 Å². The number of nitrogens with zero attached hydrogens (tertiary/aromatic N) is 2. The molecule has 1 aromatic carbocycles. The van der Waals surface area contributed by atoms with Crippen molar-refractivity contribution in [2.24, 2.45) is 5.10 Å². The van der Waals surface area contributed by atoms with Crippen molar-refractivity contribution in [1.29, 1.82) is 0 Å². The molecule has 0 atom stereocenters. The van der Waals surface area contributed by atoms with Crippen LogP contribution >= 0.6 is 11.6 Å². The number of benzene rings is 1. The molecule has 5 nitrogen and oxygen atoms in total. The number of anilines is 1. The molecule has 0 bridgehead atoms. The number of carbonyl (C=O) groups excluding carboxylic acids is 1. The number of ether oxygens (including phenoxy) is 1. The minimum Gasteiger partial charge on any atom is -0.495 e. The molecule has 84 valence electrons. The van der Waals surface area contributed by atoms with Gasteiger partial charge in [0.05, 0.1) is 12.8 Å². The highest BCUT2D eigenvalue weighted by atomic mass is 35.5. The predicted molar refractivity (Wildman–Crippen MR) is 62.0 cm³/mol. The number of hydrogen-bond acceptors (Lipinski definition) is 4. The molecular weight excluding hydrogens is 230 g/mol. The van der Waals surface area contributed by atoms with Crippen molar-refractivity contribution in [1.82, 2.24) is 5.43 Å². The highest BCUT2D eigenvalue weighted by molar-refractivity contribution is 6.31. The minimum absolute atomic E-state index is 0.176. The van der Waals surface area contributed by atoms with Crippen LogP contribution in [0.1, 0.15) is 0 Å². The summed E-state index contributed by atoms with van der Waals surface area (Å²) >= 11 is 5.90. The van der Waals surface area contributed by atoms with Crippen molar-refractivity contribution in [3.63, 3.8) is 0 Å². The smallest absolute Gasteiger partial charge is 0.260 e. The number of rotatable bonds is 2. The van der Waals surface area contributed by atoms with Gasteiger partial charge in [-0.2, -0.15) is 5.10 Å². The van der Waals surface area contributed by atoms with E-state index in [0.29, 0.717) is 16.5 Å². The fourth-order valence-corrected chi connectivity index (χ4v) is 1.60. The van der Waals surface area contributed by atoms with E-state index in [1.807, 2.05) is 0 Å². The quantitative estimate of drug-likeness (QED) is 0.845. The molecule has 1 N–H and O–H groups in total. The molecule has 1 aromatic rings. The number of nitrogens with one attached hydrogen (secondary N) is 1. The molecule has 1 aliphatic heterocycles. The third-order valence-electron chi connectivity index (χ3n) is 2.15. The van der Waals surface area contributed by atoms with Gasteiger partial charge < -0.3 is 9.64 Å². The van der Waals surface area contributed by atoms with Crippen LogP contribution in [0, 0.1) is 0 Å². The monoisotopic (exact) mass is 239 g/mol. The van der Waals surface area contributed by atoms with Crippen LogP contribution in [-0.2, 0) is 4.79 Å². The molecule has 0 saturated carbocycles. The summed E-state index contributed by atoms with van der Waals surface area (Å²) in [5.74, 6) is 0.468. The highest BCUT2D eigenvalue weighted by Gasteiger charge is 2.17. The molecular formula is C10H10ClN3O2. The van der Waals surface area contributed by atoms with Crippen molar-refractivity contribution < 1.29 is 9.53 Å². The Kier molecular flexibility index (Phi) is 2.96. The Morgan fingerprint density at radius 2 is 2.38 bits per heavy atom. The van der Waals surface area contributed by atoms with Gasteiger partial charge in [-0.15, -0.1) is 0 Å². The van der Waals surface area contributed by atoms with Crippen molar-refractivity contribution in [3.05, 3.63) is 23.2 Å². The summed E-state index contributed by atoms with van der Waals surface area (Å²) < 4.78 is 5.20. The largest absolute Gasteiger partial charge is 0.495 e. The van der Waals surface area contributed by atoms with Gasteiger partial charge in [0, 0.05) is 5.02 Å². The summed E-state index contributed by atoms with van der Waals surface area (Å²) in [6.07, 6.45) is 1.52. The fraction of sp³-hybridized carbons (Fsp3) is 0.200. The molecule has 0 radical (unpaired) electrons. The van der Waals surface area contributed by atoms with Crippen molar-refractivity contribution in [3.8, 4) is 5.75 Å². The van der Waals surface area contributed by atoms with Gasteiger partial charge in [0.25, 0.3) is 5.91 Å². The molecule has 0 unspecified atom stereocenters. The molecule has 0 aliphatic carbocycles. The zero-order chi connectivity index (χ0) is 11.5. The summed E-state index contributed by atoms with van der Waals surface area (Å²) in [5, 5.41) is 4.30. The summed E-state index contributed by atoms with van der Waals surface area (Å²) in [7, 11) is 1.56. The zero-order valence-corrected chi connectivity index (χ0v) is 9.36. The maximum atomic E-state index is 11.2. The van der Waals surface area contributed by atoms with E-state index in [4.69, 9.17) is 16.3 Å². The average Bonchev–Trinajstić information content (AvgIpc) is 2.29. The SMILES string of the molecule is COc1ccc(Cl)cc1N1C=NNC(=O)C1. The number of carbonyl (C=O) groups is 1. The molecule has 6 heteroatoms. The summed E-state index contributed by atoms with van der Waals surface area (Å²) in [6, 6.07) is 5.20. The van der Waals surface area contributed by atoms with Gasteiger partial charge >= 0.3 is 0 Å². The second-order valence-electron chi connectivity index (χ2n) is 3.22. The Labute approximate surface area is 97.6 Å². The molecule has 1 heterocycles. The Morgan fingerprint density at radius 1 is 1.56 bits per heavy atom. The van der Waals surface area contributed by atoms with E-state index in [-0.39, 0.29) is 12.5 Å². The molecule has 0 fully saturated rings. The maximum Gasteiger partial charge on any atom is 0.260 e. The fourth-order valence-electron chi connectivity index (χ4n) is 1.44. The standard InChI is InChI=1S/C10H10ClN3O2/c1-16-9-3-2-7(11)4-8(9)14-5-10(15)13-12-6-14/h2-4,6H,5H2,1H3,(H,13,15). The van der Waals surface area contributed by atoms with E-state index < -0.39 is 0 Å². The van der Waals surface area contributed by atoms with E-state index in [9.17, 15) is 4.79 Å². The third kappa shape index (κ3) is 2.09. The molecule has 0 saturated heterocycles. The second kappa shape index (κ2) is 4.40. The molecule has 0 aromatic heterocycles. The minimum atomic E-state index is -0.176. The molecule has 2 rings (SSSR count). The molecule has 16 heavy (non-hydrogen) atoms. The number of hydrazone groups is 1. The van der Waals surface area contributed by atoms with Gasteiger partial charge in [0.2, 0.25) is 0 Å². The summed E-state index contributed by atoms with van der Waals surface area (Å²) in [5.41, 5.74) is 3.07. The number of amides is 1. The van der Waals surface area contributed by atoms with Gasteiger partial charge in [-0.05, 0) is 18.2 Å². The molecule has 0 spiro atoms. The van der Waals surface area contributed by atoms with Crippen LogP contribution in [0.5, 0.6) is 5.75 Å². The highest BCUT2D eigenvalue weighted by Crippen LogP contribution is 2.30. The van der Waals surface area contributed by atoms with Crippen molar-refractivity contribution in [2.75, 3.05) is 18.6 Å². The van der Waals surface area contributed by atoms with Gasteiger partial charge in [-0.1, -0.05) is 11.6 Å². The van der Waals surface area contributed by atoms with Crippen LogP contribution in [-0.4, -0.2) is 25.9 Å². The van der Waals surface area contributed by atoms with E-state index in [0.717, 1.165) is 0 Å². The maximum absolute atomic E-state index is 11.2. The average molecular weight is 240 g/mol. The summed E-state index contributed by atoms with van der Waals surface area (Å²) in [6.45, 7) is 0.195. The van der Waals surface area contributed by atoms with Gasteiger partial charge in [0.1, 0.15) is 18.6 Å². The first kappa shape index (κ1) is 10.8. The van der Waals surface area contributed by atoms with Gasteiger partial charge in [-0.25, -0.2) is 5.43 Å². The van der Waals surface area contributed by atoms with Crippen LogP contribution < -0.4 is 15.1 Å². The van der Waals surface area contributed by atoms with Crippen molar-refractivity contribution >= 4 is 29.5 Å². The zero-order valence-electron chi connectivity index (χ0n) is 8.61.